The van der Waals surface area contributed by atoms with Crippen LogP contribution in [0, 0.1) is 20.8 Å². The minimum absolute atomic E-state index is 0.194. The Hall–Kier alpha value is -3.16. The SMILES string of the molecule is CC(=Nc1ccccc1)c1cccc(C(C)=Nc2cc(C)c(N=C(C)c3cccc(C(C)=Nc4ccccc4)n3)c(C)c2C)n1.[Cl][Fe][Cl].[Cl][Fe][Cl]. The summed E-state index contributed by atoms with van der Waals surface area (Å²) in [4.78, 5) is 29.3. The van der Waals surface area contributed by atoms with Crippen LogP contribution in [-0.4, -0.2) is 32.8 Å². The molecule has 268 valence electrons. The van der Waals surface area contributed by atoms with Crippen molar-refractivity contribution in [3.8, 4) is 0 Å². The molecule has 0 amide bonds. The number of aliphatic imine (C=N–C) groups is 4. The molecule has 0 atom stereocenters. The number of hydrogen-bond acceptors (Lipinski definition) is 6. The van der Waals surface area contributed by atoms with E-state index in [1.807, 2.05) is 125 Å². The number of halogens is 4. The Morgan fingerprint density at radius 3 is 1.22 bits per heavy atom. The number of aryl methyl sites for hydroxylation is 1. The molecule has 0 aliphatic rings. The number of pyridine rings is 2. The third-order valence-electron chi connectivity index (χ3n) is 7.68. The van der Waals surface area contributed by atoms with Gasteiger partial charge in [-0.15, -0.1) is 0 Å². The molecule has 3 aromatic carbocycles. The van der Waals surface area contributed by atoms with Crippen molar-refractivity contribution >= 4 is 86.0 Å². The summed E-state index contributed by atoms with van der Waals surface area (Å²) in [7, 11) is 19.1. The van der Waals surface area contributed by atoms with E-state index in [4.69, 9.17) is 70.3 Å². The van der Waals surface area contributed by atoms with Crippen LogP contribution < -0.4 is 0 Å². The van der Waals surface area contributed by atoms with Gasteiger partial charge in [0, 0.05) is 0 Å². The van der Waals surface area contributed by atoms with E-state index in [1.165, 1.54) is 0 Å². The first-order valence-corrected chi connectivity index (χ1v) is 21.7. The Morgan fingerprint density at radius 1 is 0.471 bits per heavy atom. The van der Waals surface area contributed by atoms with Gasteiger partial charge >= 0.3 is 66.7 Å². The fraction of sp³-hybridized carbons (Fsp3) is 0.179. The van der Waals surface area contributed by atoms with Crippen LogP contribution in [0.25, 0.3) is 0 Å². The fourth-order valence-electron chi connectivity index (χ4n) is 4.98. The van der Waals surface area contributed by atoms with Gasteiger partial charge in [0.05, 0.1) is 68.4 Å². The molecule has 51 heavy (non-hydrogen) atoms. The Labute approximate surface area is 330 Å². The van der Waals surface area contributed by atoms with Gasteiger partial charge in [-0.2, -0.15) is 0 Å². The quantitative estimate of drug-likeness (QED) is 0.115. The molecule has 2 aromatic heterocycles. The summed E-state index contributed by atoms with van der Waals surface area (Å²) < 4.78 is 0. The van der Waals surface area contributed by atoms with Gasteiger partial charge in [-0.1, -0.05) is 48.5 Å². The molecule has 12 heteroatoms. The van der Waals surface area contributed by atoms with Crippen LogP contribution in [0.15, 0.2) is 123 Å². The van der Waals surface area contributed by atoms with Crippen LogP contribution in [0.4, 0.5) is 22.7 Å². The molecule has 0 saturated carbocycles. The molecule has 0 bridgehead atoms. The van der Waals surface area contributed by atoms with E-state index in [1.54, 1.807) is 0 Å². The van der Waals surface area contributed by atoms with Crippen LogP contribution in [-0.2, 0) is 26.3 Å². The zero-order valence-corrected chi connectivity index (χ0v) is 34.4. The van der Waals surface area contributed by atoms with Gasteiger partial charge in [-0.05, 0) is 120 Å². The van der Waals surface area contributed by atoms with Gasteiger partial charge in [0.2, 0.25) is 0 Å². The van der Waals surface area contributed by atoms with E-state index in [9.17, 15) is 0 Å². The third kappa shape index (κ3) is 13.1. The molecule has 0 aliphatic heterocycles. The number of benzene rings is 3. The maximum absolute atomic E-state index is 5.06. The van der Waals surface area contributed by atoms with Crippen molar-refractivity contribution in [1.29, 1.82) is 0 Å². The molecule has 0 fully saturated rings. The first-order valence-electron chi connectivity index (χ1n) is 15.6. The van der Waals surface area contributed by atoms with Gasteiger partial charge in [0.25, 0.3) is 0 Å². The van der Waals surface area contributed by atoms with Gasteiger partial charge in [0.15, 0.2) is 0 Å². The van der Waals surface area contributed by atoms with Gasteiger partial charge in [-0.25, -0.2) is 9.97 Å². The van der Waals surface area contributed by atoms with Gasteiger partial charge < -0.3 is 0 Å². The fourth-order valence-corrected chi connectivity index (χ4v) is 4.98. The molecule has 0 unspecified atom stereocenters. The summed E-state index contributed by atoms with van der Waals surface area (Å²) in [6.07, 6.45) is 0. The number of aromatic nitrogens is 2. The van der Waals surface area contributed by atoms with Crippen molar-refractivity contribution in [2.75, 3.05) is 0 Å². The van der Waals surface area contributed by atoms with E-state index >= 15 is 0 Å². The van der Waals surface area contributed by atoms with E-state index in [0.717, 1.165) is 85.1 Å². The molecule has 0 radical (unpaired) electrons. The van der Waals surface area contributed by atoms with Crippen LogP contribution in [0.2, 0.25) is 0 Å². The summed E-state index contributed by atoms with van der Waals surface area (Å²) in [6, 6.07) is 33.9. The first kappa shape index (κ1) is 42.3. The molecule has 0 saturated heterocycles. The zero-order chi connectivity index (χ0) is 37.3. The second-order valence-electron chi connectivity index (χ2n) is 11.2. The standard InChI is InChI=1S/C39H38N6.4ClH.2Fe/c1-25-24-38(42-30(6)36-22-14-20-34(44-36)28(4)40-32-16-10-8-11-17-32)26(2)27(3)39(25)43-31(7)37-23-15-21-35(45-37)29(5)41-33-18-12-9-13-19-33;;;;;;/h8-24H,1-7H3;4*1H;;/q;;;;;2*+2/p-4. The summed E-state index contributed by atoms with van der Waals surface area (Å²) in [6.45, 7) is 14.2. The predicted octanol–water partition coefficient (Wildman–Crippen LogP) is 12.7. The van der Waals surface area contributed by atoms with E-state index < -0.39 is 0 Å². The Morgan fingerprint density at radius 2 is 0.824 bits per heavy atom. The van der Waals surface area contributed by atoms with E-state index in [2.05, 4.69) is 26.8 Å². The van der Waals surface area contributed by atoms with Crippen molar-refractivity contribution in [3.05, 3.63) is 143 Å². The molecule has 2 heterocycles. The first-order chi connectivity index (χ1) is 24.5. The molecule has 6 nitrogen and oxygen atoms in total. The summed E-state index contributed by atoms with van der Waals surface area (Å²) in [5.41, 5.74) is 13.6. The molecule has 0 spiro atoms. The van der Waals surface area contributed by atoms with Crippen LogP contribution in [0.1, 0.15) is 67.2 Å². The van der Waals surface area contributed by atoms with Crippen LogP contribution >= 0.6 is 40.4 Å². The Kier molecular flexibility index (Phi) is 18.3. The molecule has 5 rings (SSSR count). The number of rotatable bonds is 8. The second-order valence-corrected chi connectivity index (χ2v) is 14.8. The normalized spacial score (nSPS) is 12.2. The number of hydrogen-bond donors (Lipinski definition) is 0. The Balaban J connectivity index is 0.00000109. The zero-order valence-electron chi connectivity index (χ0n) is 29.2. The topological polar surface area (TPSA) is 75.2 Å². The summed E-state index contributed by atoms with van der Waals surface area (Å²) in [5, 5.41) is 0. The van der Waals surface area contributed by atoms with Crippen molar-refractivity contribution in [2.45, 2.75) is 48.5 Å². The summed E-state index contributed by atoms with van der Waals surface area (Å²) in [5.74, 6) is 0. The van der Waals surface area contributed by atoms with E-state index in [-0.39, 0.29) is 26.3 Å². The maximum atomic E-state index is 5.06. The van der Waals surface area contributed by atoms with Crippen LogP contribution in [0.3, 0.4) is 0 Å². The molecular weight excluding hydrogens is 806 g/mol. The van der Waals surface area contributed by atoms with E-state index in [0.29, 0.717) is 0 Å². The average Bonchev–Trinajstić information content (AvgIpc) is 3.13. The van der Waals surface area contributed by atoms with Crippen molar-refractivity contribution in [1.82, 2.24) is 9.97 Å². The molecule has 5 aromatic rings. The minimum atomic E-state index is 0.194. The monoisotopic (exact) mass is 842 g/mol. The molecule has 0 aliphatic carbocycles. The van der Waals surface area contributed by atoms with Gasteiger partial charge in [0.1, 0.15) is 0 Å². The average molecular weight is 844 g/mol. The molecule has 0 N–H and O–H groups in total. The molecular formula is C39H38Cl4Fe2N6. The number of para-hydroxylation sites is 2. The number of nitrogens with zero attached hydrogens (tertiary/aromatic N) is 6. The third-order valence-corrected chi connectivity index (χ3v) is 7.68. The van der Waals surface area contributed by atoms with Crippen molar-refractivity contribution in [2.24, 2.45) is 20.0 Å². The predicted molar refractivity (Wildman–Crippen MR) is 213 cm³/mol. The van der Waals surface area contributed by atoms with Crippen LogP contribution in [0.5, 0.6) is 0 Å². The van der Waals surface area contributed by atoms with Crippen molar-refractivity contribution < 1.29 is 26.3 Å². The second kappa shape index (κ2) is 22.0. The van der Waals surface area contributed by atoms with Gasteiger partial charge in [-0.3, -0.25) is 20.0 Å². The summed E-state index contributed by atoms with van der Waals surface area (Å²) >= 11 is 0.389. The Bertz CT molecular complexity index is 2020. The van der Waals surface area contributed by atoms with Crippen molar-refractivity contribution in [3.63, 3.8) is 0 Å².